The Labute approximate surface area is 102 Å². The van der Waals surface area contributed by atoms with E-state index in [0.717, 1.165) is 32.0 Å². The number of benzene rings is 1. The second-order valence-corrected chi connectivity index (χ2v) is 5.73. The standard InChI is InChI=1S/C15H18O2/c1-2-4-12(5-3-1)14-6-7-15(11-13(14)10-14)16-8-9-17-15/h1-5,13H,6-11H2. The lowest BCUT2D eigenvalue weighted by atomic mass is 9.80. The van der Waals surface area contributed by atoms with Crippen LogP contribution in [0.3, 0.4) is 0 Å². The van der Waals surface area contributed by atoms with Gasteiger partial charge < -0.3 is 9.47 Å². The number of hydrogen-bond donors (Lipinski definition) is 0. The van der Waals surface area contributed by atoms with Gasteiger partial charge in [-0.3, -0.25) is 0 Å². The second kappa shape index (κ2) is 3.33. The highest BCUT2D eigenvalue weighted by atomic mass is 16.7. The van der Waals surface area contributed by atoms with Crippen molar-refractivity contribution in [2.24, 2.45) is 5.92 Å². The molecule has 1 aromatic carbocycles. The minimum Gasteiger partial charge on any atom is -0.348 e. The largest absolute Gasteiger partial charge is 0.348 e. The van der Waals surface area contributed by atoms with Crippen LogP contribution in [0.1, 0.15) is 31.2 Å². The summed E-state index contributed by atoms with van der Waals surface area (Å²) in [4.78, 5) is 0. The molecule has 2 saturated carbocycles. The number of hydrogen-bond acceptors (Lipinski definition) is 2. The molecular weight excluding hydrogens is 212 g/mol. The molecule has 1 saturated heterocycles. The molecule has 4 rings (SSSR count). The molecule has 1 aliphatic heterocycles. The van der Waals surface area contributed by atoms with Gasteiger partial charge in [0.05, 0.1) is 13.2 Å². The van der Waals surface area contributed by atoms with Crippen molar-refractivity contribution >= 4 is 0 Å². The van der Waals surface area contributed by atoms with E-state index in [0.29, 0.717) is 5.41 Å². The molecule has 17 heavy (non-hydrogen) atoms. The Hall–Kier alpha value is -0.860. The molecule has 1 spiro atoms. The summed E-state index contributed by atoms with van der Waals surface area (Å²) in [7, 11) is 0. The van der Waals surface area contributed by atoms with Crippen LogP contribution in [0.2, 0.25) is 0 Å². The van der Waals surface area contributed by atoms with Gasteiger partial charge in [-0.05, 0) is 29.7 Å². The van der Waals surface area contributed by atoms with Gasteiger partial charge in [-0.15, -0.1) is 0 Å². The molecule has 2 atom stereocenters. The van der Waals surface area contributed by atoms with Crippen LogP contribution in [0, 0.1) is 5.92 Å². The van der Waals surface area contributed by atoms with Gasteiger partial charge in [0.1, 0.15) is 0 Å². The molecule has 0 amide bonds. The van der Waals surface area contributed by atoms with Crippen molar-refractivity contribution in [1.82, 2.24) is 0 Å². The van der Waals surface area contributed by atoms with E-state index in [1.807, 2.05) is 0 Å². The first-order chi connectivity index (χ1) is 8.33. The Morgan fingerprint density at radius 3 is 2.41 bits per heavy atom. The highest BCUT2D eigenvalue weighted by Crippen LogP contribution is 2.65. The molecule has 2 heteroatoms. The smallest absolute Gasteiger partial charge is 0.168 e. The molecular formula is C15H18O2. The average Bonchev–Trinajstić information content (AvgIpc) is 2.94. The molecule has 0 N–H and O–H groups in total. The van der Waals surface area contributed by atoms with E-state index in [1.54, 1.807) is 0 Å². The maximum Gasteiger partial charge on any atom is 0.168 e. The third-order valence-electron chi connectivity index (χ3n) is 4.90. The lowest BCUT2D eigenvalue weighted by molar-refractivity contribution is -0.180. The fourth-order valence-electron chi connectivity index (χ4n) is 3.87. The van der Waals surface area contributed by atoms with Crippen LogP contribution in [0.4, 0.5) is 0 Å². The van der Waals surface area contributed by atoms with Crippen molar-refractivity contribution in [2.45, 2.75) is 36.9 Å². The van der Waals surface area contributed by atoms with Crippen LogP contribution in [0.15, 0.2) is 30.3 Å². The summed E-state index contributed by atoms with van der Waals surface area (Å²) in [5, 5.41) is 0. The first-order valence-electron chi connectivity index (χ1n) is 6.67. The highest BCUT2D eigenvalue weighted by Gasteiger charge is 2.62. The van der Waals surface area contributed by atoms with Gasteiger partial charge in [0, 0.05) is 12.8 Å². The van der Waals surface area contributed by atoms with Crippen LogP contribution in [-0.2, 0) is 14.9 Å². The molecule has 2 aliphatic carbocycles. The molecule has 3 aliphatic rings. The summed E-state index contributed by atoms with van der Waals surface area (Å²) in [6, 6.07) is 11.0. The van der Waals surface area contributed by atoms with Crippen molar-refractivity contribution in [3.63, 3.8) is 0 Å². The molecule has 1 aromatic rings. The number of rotatable bonds is 1. The van der Waals surface area contributed by atoms with Crippen molar-refractivity contribution in [1.29, 1.82) is 0 Å². The minimum atomic E-state index is -0.209. The van der Waals surface area contributed by atoms with E-state index in [-0.39, 0.29) is 5.79 Å². The normalized spacial score (nSPS) is 38.0. The lowest BCUT2D eigenvalue weighted by Gasteiger charge is -2.35. The van der Waals surface area contributed by atoms with Crippen LogP contribution in [0.25, 0.3) is 0 Å². The van der Waals surface area contributed by atoms with Crippen LogP contribution >= 0.6 is 0 Å². The van der Waals surface area contributed by atoms with Gasteiger partial charge in [-0.1, -0.05) is 30.3 Å². The van der Waals surface area contributed by atoms with E-state index in [2.05, 4.69) is 30.3 Å². The minimum absolute atomic E-state index is 0.209. The van der Waals surface area contributed by atoms with Gasteiger partial charge in [0.2, 0.25) is 0 Å². The number of fused-ring (bicyclic) bond motifs is 1. The SMILES string of the molecule is c1ccc(C23CCC4(CC2C3)OCCO4)cc1. The van der Waals surface area contributed by atoms with E-state index < -0.39 is 0 Å². The maximum atomic E-state index is 5.84. The molecule has 90 valence electrons. The van der Waals surface area contributed by atoms with Crippen LogP contribution in [0.5, 0.6) is 0 Å². The molecule has 1 heterocycles. The zero-order chi connectivity index (χ0) is 11.3. The first-order valence-corrected chi connectivity index (χ1v) is 6.67. The molecule has 0 radical (unpaired) electrons. The summed E-state index contributed by atoms with van der Waals surface area (Å²) >= 11 is 0. The molecule has 3 fully saturated rings. The van der Waals surface area contributed by atoms with E-state index in [1.165, 1.54) is 18.4 Å². The van der Waals surface area contributed by atoms with Crippen molar-refractivity contribution in [2.75, 3.05) is 13.2 Å². The van der Waals surface area contributed by atoms with Gasteiger partial charge in [0.25, 0.3) is 0 Å². The zero-order valence-electron chi connectivity index (χ0n) is 10.0. The predicted molar refractivity (Wildman–Crippen MR) is 64.7 cm³/mol. The summed E-state index contributed by atoms with van der Waals surface area (Å²) in [5.41, 5.74) is 1.99. The van der Waals surface area contributed by atoms with E-state index in [4.69, 9.17) is 9.47 Å². The quantitative estimate of drug-likeness (QED) is 0.738. The third kappa shape index (κ3) is 1.40. The maximum absolute atomic E-state index is 5.84. The lowest BCUT2D eigenvalue weighted by Crippen LogP contribution is -2.37. The predicted octanol–water partition coefficient (Wildman–Crippen LogP) is 2.87. The van der Waals surface area contributed by atoms with Crippen molar-refractivity contribution in [3.05, 3.63) is 35.9 Å². The Kier molecular flexibility index (Phi) is 1.98. The highest BCUT2D eigenvalue weighted by molar-refractivity contribution is 5.35. The Morgan fingerprint density at radius 2 is 1.71 bits per heavy atom. The van der Waals surface area contributed by atoms with Gasteiger partial charge >= 0.3 is 0 Å². The summed E-state index contributed by atoms with van der Waals surface area (Å²) in [6.45, 7) is 1.57. The fourth-order valence-corrected chi connectivity index (χ4v) is 3.87. The monoisotopic (exact) mass is 230 g/mol. The Balaban J connectivity index is 1.58. The van der Waals surface area contributed by atoms with Gasteiger partial charge in [-0.25, -0.2) is 0 Å². The van der Waals surface area contributed by atoms with Crippen molar-refractivity contribution < 1.29 is 9.47 Å². The summed E-state index contributed by atoms with van der Waals surface area (Å²) < 4.78 is 11.7. The second-order valence-electron chi connectivity index (χ2n) is 5.73. The molecule has 2 nitrogen and oxygen atoms in total. The van der Waals surface area contributed by atoms with Crippen LogP contribution < -0.4 is 0 Å². The van der Waals surface area contributed by atoms with E-state index >= 15 is 0 Å². The van der Waals surface area contributed by atoms with Gasteiger partial charge in [0.15, 0.2) is 5.79 Å². The Morgan fingerprint density at radius 1 is 0.941 bits per heavy atom. The number of ether oxygens (including phenoxy) is 2. The summed E-state index contributed by atoms with van der Waals surface area (Å²) in [6.07, 6.45) is 4.72. The molecule has 0 aromatic heterocycles. The average molecular weight is 230 g/mol. The van der Waals surface area contributed by atoms with E-state index in [9.17, 15) is 0 Å². The first kappa shape index (κ1) is 10.1. The fraction of sp³-hybridized carbons (Fsp3) is 0.600. The summed E-state index contributed by atoms with van der Waals surface area (Å²) in [5.74, 6) is 0.566. The van der Waals surface area contributed by atoms with Gasteiger partial charge in [-0.2, -0.15) is 0 Å². The molecule has 2 unspecified atom stereocenters. The Bertz CT molecular complexity index is 422. The third-order valence-corrected chi connectivity index (χ3v) is 4.90. The molecule has 0 bridgehead atoms. The van der Waals surface area contributed by atoms with Crippen molar-refractivity contribution in [3.8, 4) is 0 Å². The zero-order valence-corrected chi connectivity index (χ0v) is 10.0. The topological polar surface area (TPSA) is 18.5 Å². The van der Waals surface area contributed by atoms with Crippen LogP contribution in [-0.4, -0.2) is 19.0 Å².